The number of carbonyl (C=O) groups is 1. The Morgan fingerprint density at radius 2 is 2.00 bits per heavy atom. The number of hydrogen-bond acceptors (Lipinski definition) is 4. The van der Waals surface area contributed by atoms with Gasteiger partial charge in [-0.15, -0.1) is 11.8 Å². The lowest BCUT2D eigenvalue weighted by Gasteiger charge is -2.14. The van der Waals surface area contributed by atoms with Crippen molar-refractivity contribution in [1.82, 2.24) is 4.90 Å². The topological polar surface area (TPSA) is 67.9 Å². The number of nitriles is 2. The number of benzene rings is 1. The van der Waals surface area contributed by atoms with Crippen molar-refractivity contribution in [2.24, 2.45) is 0 Å². The molecule has 0 saturated heterocycles. The van der Waals surface area contributed by atoms with Crippen LogP contribution >= 0.6 is 11.8 Å². The van der Waals surface area contributed by atoms with Crippen LogP contribution in [0.1, 0.15) is 17.5 Å². The molecular formula is C14H15N3OS. The van der Waals surface area contributed by atoms with Crippen molar-refractivity contribution in [2.75, 3.05) is 19.3 Å². The van der Waals surface area contributed by atoms with Gasteiger partial charge >= 0.3 is 0 Å². The molecule has 0 heterocycles. The summed E-state index contributed by atoms with van der Waals surface area (Å²) in [6.45, 7) is 0.479. The average Bonchev–Trinajstić information content (AvgIpc) is 2.45. The molecule has 0 spiro atoms. The largest absolute Gasteiger partial charge is 0.344 e. The monoisotopic (exact) mass is 273 g/mol. The fraction of sp³-hybridized carbons (Fsp3) is 0.357. The summed E-state index contributed by atoms with van der Waals surface area (Å²) in [5.74, 6) is 1.18. The van der Waals surface area contributed by atoms with Crippen molar-refractivity contribution >= 4 is 17.7 Å². The lowest BCUT2D eigenvalue weighted by molar-refractivity contribution is -0.127. The van der Waals surface area contributed by atoms with Crippen LogP contribution in [0.25, 0.3) is 0 Å². The molecule has 0 fully saturated rings. The highest BCUT2D eigenvalue weighted by atomic mass is 32.2. The minimum atomic E-state index is 0.0360. The first-order valence-corrected chi connectivity index (χ1v) is 7.00. The Morgan fingerprint density at radius 3 is 2.58 bits per heavy atom. The molecule has 1 aromatic carbocycles. The molecule has 1 rings (SSSR count). The molecule has 0 aliphatic rings. The van der Waals surface area contributed by atoms with Gasteiger partial charge in [0.15, 0.2) is 0 Å². The highest BCUT2D eigenvalue weighted by Gasteiger charge is 2.08. The van der Waals surface area contributed by atoms with Crippen LogP contribution in [-0.4, -0.2) is 30.2 Å². The molecular weight excluding hydrogens is 258 g/mol. The van der Waals surface area contributed by atoms with E-state index in [-0.39, 0.29) is 5.91 Å². The molecule has 0 atom stereocenters. The van der Waals surface area contributed by atoms with E-state index in [9.17, 15) is 4.79 Å². The smallest absolute Gasteiger partial charge is 0.232 e. The van der Waals surface area contributed by atoms with Crippen molar-refractivity contribution in [3.05, 3.63) is 35.4 Å². The van der Waals surface area contributed by atoms with Crippen LogP contribution in [0.15, 0.2) is 24.3 Å². The standard InChI is InChI=1S/C14H15N3OS/c1-17(8-2-7-15)14(18)11-19-10-13-5-3-12(9-16)4-6-13/h3-6H,2,8,10-11H2,1H3. The SMILES string of the molecule is CN(CCC#N)C(=O)CSCc1ccc(C#N)cc1. The normalized spacial score (nSPS) is 9.42. The van der Waals surface area contributed by atoms with E-state index in [2.05, 4.69) is 6.07 Å². The van der Waals surface area contributed by atoms with E-state index in [1.54, 1.807) is 24.1 Å². The number of carbonyl (C=O) groups excluding carboxylic acids is 1. The van der Waals surface area contributed by atoms with Crippen molar-refractivity contribution in [3.8, 4) is 12.1 Å². The number of amides is 1. The third kappa shape index (κ3) is 5.46. The number of hydrogen-bond donors (Lipinski definition) is 0. The second-order valence-corrected chi connectivity index (χ2v) is 5.01. The molecule has 98 valence electrons. The molecule has 1 amide bonds. The molecule has 0 aliphatic heterocycles. The zero-order valence-corrected chi connectivity index (χ0v) is 11.6. The quantitative estimate of drug-likeness (QED) is 0.796. The zero-order chi connectivity index (χ0) is 14.1. The molecule has 0 N–H and O–H groups in total. The lowest BCUT2D eigenvalue weighted by Crippen LogP contribution is -2.29. The van der Waals surface area contributed by atoms with E-state index >= 15 is 0 Å². The predicted molar refractivity (Wildman–Crippen MR) is 75.2 cm³/mol. The minimum Gasteiger partial charge on any atom is -0.344 e. The third-order valence-corrected chi connectivity index (χ3v) is 3.55. The second-order valence-electron chi connectivity index (χ2n) is 4.02. The Bertz CT molecular complexity index is 499. The molecule has 0 bridgehead atoms. The second kappa shape index (κ2) is 8.18. The minimum absolute atomic E-state index is 0.0360. The Labute approximate surface area is 117 Å². The maximum atomic E-state index is 11.7. The summed E-state index contributed by atoms with van der Waals surface area (Å²) in [7, 11) is 1.71. The Kier molecular flexibility index (Phi) is 6.49. The van der Waals surface area contributed by atoms with E-state index in [1.807, 2.05) is 18.2 Å². The predicted octanol–water partition coefficient (Wildman–Crippen LogP) is 2.16. The van der Waals surface area contributed by atoms with E-state index in [4.69, 9.17) is 10.5 Å². The summed E-state index contributed by atoms with van der Waals surface area (Å²) < 4.78 is 0. The van der Waals surface area contributed by atoms with Crippen molar-refractivity contribution in [1.29, 1.82) is 10.5 Å². The molecule has 0 aliphatic carbocycles. The van der Waals surface area contributed by atoms with Gasteiger partial charge in [-0.2, -0.15) is 10.5 Å². The van der Waals surface area contributed by atoms with Crippen molar-refractivity contribution in [2.45, 2.75) is 12.2 Å². The fourth-order valence-electron chi connectivity index (χ4n) is 1.38. The van der Waals surface area contributed by atoms with Gasteiger partial charge in [0.1, 0.15) is 0 Å². The summed E-state index contributed by atoms with van der Waals surface area (Å²) in [4.78, 5) is 13.3. The van der Waals surface area contributed by atoms with Crippen LogP contribution in [0.3, 0.4) is 0 Å². The molecule has 4 nitrogen and oxygen atoms in total. The van der Waals surface area contributed by atoms with E-state index < -0.39 is 0 Å². The van der Waals surface area contributed by atoms with Gasteiger partial charge < -0.3 is 4.90 Å². The maximum absolute atomic E-state index is 11.7. The molecule has 0 unspecified atom stereocenters. The Balaban J connectivity index is 2.31. The van der Waals surface area contributed by atoms with Crippen LogP contribution in [0.5, 0.6) is 0 Å². The highest BCUT2D eigenvalue weighted by molar-refractivity contribution is 7.99. The van der Waals surface area contributed by atoms with Crippen LogP contribution in [0.2, 0.25) is 0 Å². The van der Waals surface area contributed by atoms with Crippen LogP contribution in [0, 0.1) is 22.7 Å². The molecule has 0 radical (unpaired) electrons. The number of thioether (sulfide) groups is 1. The van der Waals surface area contributed by atoms with Gasteiger partial charge in [-0.1, -0.05) is 12.1 Å². The van der Waals surface area contributed by atoms with Gasteiger partial charge in [-0.3, -0.25) is 4.79 Å². The fourth-order valence-corrected chi connectivity index (χ4v) is 2.31. The first-order valence-electron chi connectivity index (χ1n) is 5.85. The summed E-state index contributed by atoms with van der Waals surface area (Å²) >= 11 is 1.53. The summed E-state index contributed by atoms with van der Waals surface area (Å²) in [5, 5.41) is 17.1. The van der Waals surface area contributed by atoms with Gasteiger partial charge in [0.2, 0.25) is 5.91 Å². The van der Waals surface area contributed by atoms with Crippen LogP contribution in [0.4, 0.5) is 0 Å². The first kappa shape index (κ1) is 15.1. The van der Waals surface area contributed by atoms with Gasteiger partial charge in [-0.05, 0) is 17.7 Å². The summed E-state index contributed by atoms with van der Waals surface area (Å²) in [5.41, 5.74) is 1.73. The van der Waals surface area contributed by atoms with Crippen LogP contribution < -0.4 is 0 Å². The summed E-state index contributed by atoms with van der Waals surface area (Å²) in [6.07, 6.45) is 0.364. The van der Waals surface area contributed by atoms with Gasteiger partial charge in [0.05, 0.1) is 29.9 Å². The van der Waals surface area contributed by atoms with E-state index in [0.717, 1.165) is 11.3 Å². The third-order valence-electron chi connectivity index (χ3n) is 2.56. The van der Waals surface area contributed by atoms with Crippen molar-refractivity contribution < 1.29 is 4.79 Å². The highest BCUT2D eigenvalue weighted by Crippen LogP contribution is 2.13. The molecule has 0 aromatic heterocycles. The average molecular weight is 273 g/mol. The molecule has 0 saturated carbocycles. The van der Waals surface area contributed by atoms with Gasteiger partial charge in [0, 0.05) is 19.3 Å². The molecule has 19 heavy (non-hydrogen) atoms. The van der Waals surface area contributed by atoms with E-state index in [0.29, 0.717) is 24.3 Å². The van der Waals surface area contributed by atoms with Gasteiger partial charge in [-0.25, -0.2) is 0 Å². The first-order chi connectivity index (χ1) is 9.17. The maximum Gasteiger partial charge on any atom is 0.232 e. The van der Waals surface area contributed by atoms with Crippen molar-refractivity contribution in [3.63, 3.8) is 0 Å². The lowest BCUT2D eigenvalue weighted by atomic mass is 10.2. The Morgan fingerprint density at radius 1 is 1.32 bits per heavy atom. The van der Waals surface area contributed by atoms with Gasteiger partial charge in [0.25, 0.3) is 0 Å². The molecule has 5 heteroatoms. The van der Waals surface area contributed by atoms with E-state index in [1.165, 1.54) is 11.8 Å². The number of nitrogens with zero attached hydrogens (tertiary/aromatic N) is 3. The van der Waals surface area contributed by atoms with Crippen LogP contribution in [-0.2, 0) is 10.5 Å². The zero-order valence-electron chi connectivity index (χ0n) is 10.8. The Hall–Kier alpha value is -1.98. The molecule has 1 aromatic rings. The number of rotatable bonds is 6. The summed E-state index contributed by atoms with van der Waals surface area (Å²) in [6, 6.07) is 11.4.